The highest BCUT2D eigenvalue weighted by molar-refractivity contribution is 5.97. The highest BCUT2D eigenvalue weighted by atomic mass is 16.6. The minimum absolute atomic E-state index is 0.0802. The number of ether oxygens (including phenoxy) is 3. The van der Waals surface area contributed by atoms with E-state index >= 15 is 0 Å². The zero-order chi connectivity index (χ0) is 20.2. The molecule has 1 N–H and O–H groups in total. The highest BCUT2D eigenvalue weighted by Gasteiger charge is 2.54. The number of hydrogen-bond donors (Lipinski definition) is 1. The number of hydrogen-bond acceptors (Lipinski definition) is 5. The lowest BCUT2D eigenvalue weighted by atomic mass is 9.75. The Balaban J connectivity index is 1.89. The maximum absolute atomic E-state index is 12.9. The maximum Gasteiger partial charge on any atom is 0.340 e. The molecule has 2 heterocycles. The van der Waals surface area contributed by atoms with Gasteiger partial charge in [-0.15, -0.1) is 0 Å². The summed E-state index contributed by atoms with van der Waals surface area (Å²) >= 11 is 0. The fourth-order valence-electron chi connectivity index (χ4n) is 4.40. The number of carbonyl (C=O) groups is 1. The number of phenols is 1. The Morgan fingerprint density at radius 3 is 2.62 bits per heavy atom. The zero-order valence-corrected chi connectivity index (χ0v) is 16.2. The van der Waals surface area contributed by atoms with Crippen LogP contribution in [-0.4, -0.2) is 17.7 Å². The highest BCUT2D eigenvalue weighted by Crippen LogP contribution is 2.58. The molecule has 5 nitrogen and oxygen atoms in total. The largest absolute Gasteiger partial charge is 0.508 e. The molecular weight excluding hydrogens is 368 g/mol. The molecule has 5 rings (SSSR count). The maximum atomic E-state index is 12.9. The van der Waals surface area contributed by atoms with Gasteiger partial charge in [-0.2, -0.15) is 0 Å². The van der Waals surface area contributed by atoms with Crippen molar-refractivity contribution in [2.75, 3.05) is 6.61 Å². The van der Waals surface area contributed by atoms with Gasteiger partial charge in [-0.1, -0.05) is 25.1 Å². The molecule has 1 spiro atoms. The fourth-order valence-corrected chi connectivity index (χ4v) is 4.40. The molecule has 0 saturated carbocycles. The van der Waals surface area contributed by atoms with Crippen molar-refractivity contribution in [2.45, 2.75) is 25.9 Å². The van der Waals surface area contributed by atoms with E-state index < -0.39 is 5.60 Å². The van der Waals surface area contributed by atoms with Crippen molar-refractivity contribution in [3.8, 4) is 23.0 Å². The van der Waals surface area contributed by atoms with Crippen molar-refractivity contribution in [1.82, 2.24) is 0 Å². The lowest BCUT2D eigenvalue weighted by molar-refractivity contribution is 0.0221. The fraction of sp³-hybridized carbons (Fsp3) is 0.208. The van der Waals surface area contributed by atoms with Gasteiger partial charge < -0.3 is 19.3 Å². The van der Waals surface area contributed by atoms with Crippen molar-refractivity contribution in [3.05, 3.63) is 82.4 Å². The molecule has 0 aromatic heterocycles. The van der Waals surface area contributed by atoms with Gasteiger partial charge in [0, 0.05) is 23.3 Å². The third-order valence-electron chi connectivity index (χ3n) is 5.54. The third-order valence-corrected chi connectivity index (χ3v) is 5.54. The van der Waals surface area contributed by atoms with Crippen molar-refractivity contribution in [1.29, 1.82) is 0 Å². The van der Waals surface area contributed by atoms with Crippen molar-refractivity contribution in [3.63, 3.8) is 0 Å². The van der Waals surface area contributed by atoms with Gasteiger partial charge in [0.2, 0.25) is 0 Å². The number of benzene rings is 3. The molecule has 0 fully saturated rings. The Bertz CT molecular complexity index is 1150. The molecule has 3 aromatic carbocycles. The van der Waals surface area contributed by atoms with Crippen LogP contribution in [0.2, 0.25) is 0 Å². The molecule has 1 atom stereocenters. The van der Waals surface area contributed by atoms with Gasteiger partial charge in [-0.05, 0) is 43.2 Å². The van der Waals surface area contributed by atoms with Crippen LogP contribution in [0.3, 0.4) is 0 Å². The van der Waals surface area contributed by atoms with Crippen LogP contribution in [0, 0.1) is 0 Å². The van der Waals surface area contributed by atoms with E-state index in [0.29, 0.717) is 41.4 Å². The molecule has 0 bridgehead atoms. The zero-order valence-electron chi connectivity index (χ0n) is 16.2. The number of esters is 1. The summed E-state index contributed by atoms with van der Waals surface area (Å²) in [5.74, 6) is 1.42. The molecule has 1 unspecified atom stereocenters. The van der Waals surface area contributed by atoms with Crippen LogP contribution < -0.4 is 9.47 Å². The van der Waals surface area contributed by atoms with Gasteiger partial charge in [-0.3, -0.25) is 0 Å². The predicted octanol–water partition coefficient (Wildman–Crippen LogP) is 4.92. The Morgan fingerprint density at radius 2 is 1.83 bits per heavy atom. The van der Waals surface area contributed by atoms with E-state index in [0.717, 1.165) is 16.7 Å². The van der Waals surface area contributed by atoms with Crippen LogP contribution in [0.1, 0.15) is 46.5 Å². The number of rotatable bonds is 3. The van der Waals surface area contributed by atoms with Crippen molar-refractivity contribution >= 4 is 5.97 Å². The lowest BCUT2D eigenvalue weighted by Crippen LogP contribution is -2.34. The lowest BCUT2D eigenvalue weighted by Gasteiger charge is -2.38. The molecule has 0 aliphatic carbocycles. The van der Waals surface area contributed by atoms with Gasteiger partial charge in [0.15, 0.2) is 5.60 Å². The molecule has 3 aromatic rings. The average molecular weight is 388 g/mol. The topological polar surface area (TPSA) is 65.0 Å². The summed E-state index contributed by atoms with van der Waals surface area (Å²) in [6.07, 6.45) is 0.710. The Morgan fingerprint density at radius 1 is 1.00 bits per heavy atom. The van der Waals surface area contributed by atoms with Crippen LogP contribution in [-0.2, 0) is 16.8 Å². The summed E-state index contributed by atoms with van der Waals surface area (Å²) in [5, 5.41) is 10.0. The van der Waals surface area contributed by atoms with E-state index in [1.54, 1.807) is 24.3 Å². The van der Waals surface area contributed by atoms with Gasteiger partial charge in [0.25, 0.3) is 0 Å². The average Bonchev–Trinajstić information content (AvgIpc) is 3.00. The van der Waals surface area contributed by atoms with Gasteiger partial charge in [-0.25, -0.2) is 4.79 Å². The molecule has 146 valence electrons. The number of aryl methyl sites for hydroxylation is 1. The van der Waals surface area contributed by atoms with E-state index in [4.69, 9.17) is 14.2 Å². The van der Waals surface area contributed by atoms with Gasteiger partial charge in [0.1, 0.15) is 23.0 Å². The summed E-state index contributed by atoms with van der Waals surface area (Å²) in [6.45, 7) is 4.51. The van der Waals surface area contributed by atoms with Crippen LogP contribution in [0.5, 0.6) is 23.0 Å². The second kappa shape index (κ2) is 6.27. The van der Waals surface area contributed by atoms with Gasteiger partial charge in [0.05, 0.1) is 17.7 Å². The minimum atomic E-state index is -1.12. The smallest absolute Gasteiger partial charge is 0.340 e. The number of fused-ring (bicyclic) bond motifs is 6. The molecule has 0 saturated heterocycles. The van der Waals surface area contributed by atoms with Crippen LogP contribution >= 0.6 is 0 Å². The van der Waals surface area contributed by atoms with E-state index in [1.807, 2.05) is 44.2 Å². The van der Waals surface area contributed by atoms with E-state index in [1.165, 1.54) is 0 Å². The molecule has 29 heavy (non-hydrogen) atoms. The van der Waals surface area contributed by atoms with Crippen LogP contribution in [0.25, 0.3) is 0 Å². The first-order valence-corrected chi connectivity index (χ1v) is 9.72. The Kier molecular flexibility index (Phi) is 3.81. The number of phenolic OH excluding ortho intramolecular Hbond substituents is 1. The van der Waals surface area contributed by atoms with Gasteiger partial charge >= 0.3 is 5.97 Å². The number of carbonyl (C=O) groups excluding carboxylic acids is 1. The quantitative estimate of drug-likeness (QED) is 0.645. The molecular formula is C24H20O5. The molecule has 0 radical (unpaired) electrons. The predicted molar refractivity (Wildman–Crippen MR) is 107 cm³/mol. The SMILES string of the molecule is CCOc1cc(CC)c2c(c1)Oc1cc(O)ccc1C21OC(=O)c2ccccc21. The number of aromatic hydroxyl groups is 1. The summed E-state index contributed by atoms with van der Waals surface area (Å²) in [4.78, 5) is 12.9. The van der Waals surface area contributed by atoms with Crippen molar-refractivity contribution < 1.29 is 24.1 Å². The van der Waals surface area contributed by atoms with E-state index in [-0.39, 0.29) is 11.7 Å². The third kappa shape index (κ3) is 2.37. The minimum Gasteiger partial charge on any atom is -0.508 e. The summed E-state index contributed by atoms with van der Waals surface area (Å²) < 4.78 is 18.1. The molecule has 2 aliphatic heterocycles. The normalized spacial score (nSPS) is 18.5. The first kappa shape index (κ1) is 17.6. The first-order chi connectivity index (χ1) is 14.1. The van der Waals surface area contributed by atoms with E-state index in [9.17, 15) is 9.90 Å². The Hall–Kier alpha value is -3.47. The van der Waals surface area contributed by atoms with Crippen LogP contribution in [0.15, 0.2) is 54.6 Å². The molecule has 2 aliphatic rings. The summed E-state index contributed by atoms with van der Waals surface area (Å²) in [6, 6.07) is 16.1. The summed E-state index contributed by atoms with van der Waals surface area (Å²) in [5.41, 5.74) is 2.67. The molecule has 0 amide bonds. The second-order valence-electron chi connectivity index (χ2n) is 7.14. The summed E-state index contributed by atoms with van der Waals surface area (Å²) in [7, 11) is 0. The van der Waals surface area contributed by atoms with Crippen molar-refractivity contribution in [2.24, 2.45) is 0 Å². The second-order valence-corrected chi connectivity index (χ2v) is 7.14. The molecule has 5 heteroatoms. The van der Waals surface area contributed by atoms with E-state index in [2.05, 4.69) is 0 Å². The Labute approximate surface area is 168 Å². The standard InChI is InChI=1S/C24H20O5/c1-3-14-11-16(27-4-2)13-21-22(14)24(19-10-9-15(25)12-20(19)28-21)18-8-6-5-7-17(18)23(26)29-24/h5-13,25H,3-4H2,1-2H3. The van der Waals surface area contributed by atoms with Crippen LogP contribution in [0.4, 0.5) is 0 Å². The first-order valence-electron chi connectivity index (χ1n) is 9.72. The monoisotopic (exact) mass is 388 g/mol.